The lowest BCUT2D eigenvalue weighted by Crippen LogP contribution is -2.17. The van der Waals surface area contributed by atoms with Crippen molar-refractivity contribution in [3.63, 3.8) is 0 Å². The van der Waals surface area contributed by atoms with Crippen LogP contribution in [0.15, 0.2) is 59.5 Å². The Morgan fingerprint density at radius 2 is 1.76 bits per heavy atom. The van der Waals surface area contributed by atoms with Gasteiger partial charge in [-0.3, -0.25) is 14.9 Å². The van der Waals surface area contributed by atoms with Crippen molar-refractivity contribution in [3.05, 3.63) is 76.3 Å². The first kappa shape index (κ1) is 15.7. The van der Waals surface area contributed by atoms with E-state index in [9.17, 15) is 9.59 Å². The molecule has 1 aliphatic heterocycles. The molecule has 3 aromatic rings. The topological polar surface area (TPSA) is 51.1 Å². The number of amides is 2. The first-order valence-corrected chi connectivity index (χ1v) is 8.82. The van der Waals surface area contributed by atoms with E-state index < -0.39 is 0 Å². The molecule has 0 spiro atoms. The minimum atomic E-state index is -0.325. The molecular formula is C20H16N2O2S. The minimum Gasteiger partial charge on any atom is -0.340 e. The van der Waals surface area contributed by atoms with Crippen LogP contribution in [0.25, 0.3) is 17.0 Å². The van der Waals surface area contributed by atoms with Crippen LogP contribution in [0.5, 0.6) is 0 Å². The summed E-state index contributed by atoms with van der Waals surface area (Å²) < 4.78 is 2.25. The second-order valence-corrected chi connectivity index (χ2v) is 6.95. The Labute approximate surface area is 149 Å². The van der Waals surface area contributed by atoms with E-state index >= 15 is 0 Å². The fourth-order valence-corrected chi connectivity index (χ4v) is 3.83. The SMILES string of the molecule is Cc1c(C=C2SC(=O)NC2=O)c2ccccc2n1Cc1ccccc1. The number of para-hydroxylation sites is 1. The predicted octanol–water partition coefficient (Wildman–Crippen LogP) is 4.32. The zero-order chi connectivity index (χ0) is 17.4. The second-order valence-electron chi connectivity index (χ2n) is 5.94. The van der Waals surface area contributed by atoms with Gasteiger partial charge in [-0.1, -0.05) is 48.5 Å². The molecule has 0 unspecified atom stereocenters. The highest BCUT2D eigenvalue weighted by Gasteiger charge is 2.26. The van der Waals surface area contributed by atoms with Crippen LogP contribution in [0.4, 0.5) is 4.79 Å². The van der Waals surface area contributed by atoms with E-state index in [0.717, 1.165) is 40.5 Å². The summed E-state index contributed by atoms with van der Waals surface area (Å²) in [6.45, 7) is 2.81. The van der Waals surface area contributed by atoms with Crippen molar-refractivity contribution >= 4 is 39.9 Å². The maximum absolute atomic E-state index is 11.9. The van der Waals surface area contributed by atoms with Crippen molar-refractivity contribution < 1.29 is 9.59 Å². The number of nitrogens with one attached hydrogen (secondary N) is 1. The normalized spacial score (nSPS) is 16.0. The molecule has 4 nitrogen and oxygen atoms in total. The van der Waals surface area contributed by atoms with Crippen molar-refractivity contribution in [2.24, 2.45) is 0 Å². The molecule has 1 aromatic heterocycles. The molecule has 2 aromatic carbocycles. The van der Waals surface area contributed by atoms with Gasteiger partial charge in [-0.15, -0.1) is 0 Å². The summed E-state index contributed by atoms with van der Waals surface area (Å²) in [6.07, 6.45) is 1.82. The number of benzene rings is 2. The van der Waals surface area contributed by atoms with Crippen molar-refractivity contribution in [2.75, 3.05) is 0 Å². The number of carbonyl (C=O) groups excluding carboxylic acids is 2. The van der Waals surface area contributed by atoms with Gasteiger partial charge in [0.25, 0.3) is 11.1 Å². The summed E-state index contributed by atoms with van der Waals surface area (Å²) in [5.74, 6) is -0.325. The van der Waals surface area contributed by atoms with Gasteiger partial charge in [0.1, 0.15) is 0 Å². The molecule has 0 radical (unpaired) electrons. The monoisotopic (exact) mass is 348 g/mol. The van der Waals surface area contributed by atoms with E-state index in [0.29, 0.717) is 4.91 Å². The predicted molar refractivity (Wildman–Crippen MR) is 101 cm³/mol. The van der Waals surface area contributed by atoms with E-state index in [1.807, 2.05) is 36.4 Å². The quantitative estimate of drug-likeness (QED) is 0.717. The molecule has 1 aliphatic rings. The Kier molecular flexibility index (Phi) is 3.93. The lowest BCUT2D eigenvalue weighted by molar-refractivity contribution is -0.115. The van der Waals surface area contributed by atoms with Gasteiger partial charge < -0.3 is 4.57 Å². The average molecular weight is 348 g/mol. The van der Waals surface area contributed by atoms with Crippen LogP contribution in [0.1, 0.15) is 16.8 Å². The fourth-order valence-electron chi connectivity index (χ4n) is 3.16. The fraction of sp³-hybridized carbons (Fsp3) is 0.100. The van der Waals surface area contributed by atoms with Crippen molar-refractivity contribution in [3.8, 4) is 0 Å². The van der Waals surface area contributed by atoms with Crippen molar-refractivity contribution in [1.29, 1.82) is 0 Å². The van der Waals surface area contributed by atoms with Gasteiger partial charge in [0.05, 0.1) is 4.91 Å². The standard InChI is InChI=1S/C20H16N2O2S/c1-13-16(11-18-19(23)21-20(24)25-18)15-9-5-6-10-17(15)22(13)12-14-7-3-2-4-8-14/h2-11H,12H2,1H3,(H,21,23,24). The number of hydrogen-bond acceptors (Lipinski definition) is 3. The van der Waals surface area contributed by atoms with E-state index in [1.165, 1.54) is 5.56 Å². The number of fused-ring (bicyclic) bond motifs is 1. The molecule has 1 saturated heterocycles. The largest absolute Gasteiger partial charge is 0.340 e. The molecule has 0 bridgehead atoms. The molecule has 5 heteroatoms. The summed E-state index contributed by atoms with van der Waals surface area (Å²) in [5.41, 5.74) is 4.39. The highest BCUT2D eigenvalue weighted by Crippen LogP contribution is 2.32. The van der Waals surface area contributed by atoms with Crippen LogP contribution in [0, 0.1) is 6.92 Å². The Hall–Kier alpha value is -2.79. The molecule has 25 heavy (non-hydrogen) atoms. The van der Waals surface area contributed by atoms with Gasteiger partial charge in [0, 0.05) is 28.7 Å². The van der Waals surface area contributed by atoms with Gasteiger partial charge in [-0.05, 0) is 36.4 Å². The maximum Gasteiger partial charge on any atom is 0.290 e. The Morgan fingerprint density at radius 3 is 2.48 bits per heavy atom. The number of hydrogen-bond donors (Lipinski definition) is 1. The summed E-state index contributed by atoms with van der Waals surface area (Å²) in [4.78, 5) is 23.8. The van der Waals surface area contributed by atoms with Crippen molar-refractivity contribution in [1.82, 2.24) is 9.88 Å². The van der Waals surface area contributed by atoms with Crippen LogP contribution in [0.3, 0.4) is 0 Å². The third-order valence-corrected chi connectivity index (χ3v) is 5.19. The Bertz CT molecular complexity index is 1020. The average Bonchev–Trinajstić information content (AvgIpc) is 3.07. The molecule has 2 heterocycles. The maximum atomic E-state index is 11.9. The van der Waals surface area contributed by atoms with Crippen LogP contribution < -0.4 is 5.32 Å². The number of aromatic nitrogens is 1. The first-order chi connectivity index (χ1) is 12.1. The first-order valence-electron chi connectivity index (χ1n) is 8.00. The third kappa shape index (κ3) is 2.87. The zero-order valence-electron chi connectivity index (χ0n) is 13.7. The van der Waals surface area contributed by atoms with Gasteiger partial charge in [-0.25, -0.2) is 0 Å². The summed E-state index contributed by atoms with van der Waals surface area (Å²) in [7, 11) is 0. The van der Waals surface area contributed by atoms with Gasteiger partial charge in [-0.2, -0.15) is 0 Å². The van der Waals surface area contributed by atoms with E-state index in [-0.39, 0.29) is 11.1 Å². The van der Waals surface area contributed by atoms with E-state index in [2.05, 4.69) is 41.1 Å². The zero-order valence-corrected chi connectivity index (χ0v) is 14.5. The lowest BCUT2D eigenvalue weighted by atomic mass is 10.1. The number of rotatable bonds is 3. The summed E-state index contributed by atoms with van der Waals surface area (Å²) >= 11 is 0.951. The van der Waals surface area contributed by atoms with Gasteiger partial charge >= 0.3 is 0 Å². The molecule has 1 fully saturated rings. The molecule has 2 amide bonds. The number of imide groups is 1. The molecule has 1 N–H and O–H groups in total. The third-order valence-electron chi connectivity index (χ3n) is 4.38. The lowest BCUT2D eigenvalue weighted by Gasteiger charge is -2.08. The smallest absolute Gasteiger partial charge is 0.290 e. The molecule has 0 atom stereocenters. The minimum absolute atomic E-state index is 0.318. The van der Waals surface area contributed by atoms with E-state index in [4.69, 9.17) is 0 Å². The van der Waals surface area contributed by atoms with Crippen LogP contribution in [-0.2, 0) is 11.3 Å². The van der Waals surface area contributed by atoms with Crippen molar-refractivity contribution in [2.45, 2.75) is 13.5 Å². The van der Waals surface area contributed by atoms with Crippen LogP contribution >= 0.6 is 11.8 Å². The molecule has 124 valence electrons. The van der Waals surface area contributed by atoms with Gasteiger partial charge in [0.2, 0.25) is 0 Å². The second kappa shape index (κ2) is 6.26. The number of carbonyl (C=O) groups is 2. The van der Waals surface area contributed by atoms with Crippen LogP contribution in [-0.4, -0.2) is 15.7 Å². The molecule has 0 saturated carbocycles. The van der Waals surface area contributed by atoms with Gasteiger partial charge in [0.15, 0.2) is 0 Å². The highest BCUT2D eigenvalue weighted by atomic mass is 32.2. The Morgan fingerprint density at radius 1 is 1.04 bits per heavy atom. The summed E-state index contributed by atoms with van der Waals surface area (Å²) in [6, 6.07) is 18.4. The van der Waals surface area contributed by atoms with Crippen LogP contribution in [0.2, 0.25) is 0 Å². The molecule has 0 aliphatic carbocycles. The number of nitrogens with zero attached hydrogens (tertiary/aromatic N) is 1. The molecule has 4 rings (SSSR count). The highest BCUT2D eigenvalue weighted by molar-refractivity contribution is 8.18. The molecular weight excluding hydrogens is 332 g/mol. The summed E-state index contributed by atoms with van der Waals surface area (Å²) in [5, 5.41) is 3.07. The van der Waals surface area contributed by atoms with E-state index in [1.54, 1.807) is 0 Å². The number of thioether (sulfide) groups is 1. The Balaban J connectivity index is 1.86.